The molecule has 3 aromatic rings. The molecule has 4 nitrogen and oxygen atoms in total. The van der Waals surface area contributed by atoms with E-state index >= 15 is 0 Å². The Morgan fingerprint density at radius 3 is 2.76 bits per heavy atom. The number of fused-ring (bicyclic) bond motifs is 1. The quantitative estimate of drug-likeness (QED) is 0.774. The zero-order valence-corrected chi connectivity index (χ0v) is 14.0. The van der Waals surface area contributed by atoms with E-state index < -0.39 is 0 Å². The maximum atomic E-state index is 4.72. The van der Waals surface area contributed by atoms with Crippen LogP contribution in [0.4, 0.5) is 5.82 Å². The van der Waals surface area contributed by atoms with Crippen LogP contribution in [0.25, 0.3) is 20.7 Å². The van der Waals surface area contributed by atoms with Crippen molar-refractivity contribution < 1.29 is 0 Å². The molecule has 0 saturated heterocycles. The average Bonchev–Trinajstić information content (AvgIpc) is 3.05. The molecule has 110 valence electrons. The standard InChI is InChI=1S/C15H18N4S2/c1-4-16-14-13-10(11-6-5-7-20-11)9-21-15(13)18-12(17-14)8-19(2)3/h5-7,9H,4,8H2,1-3H3,(H,16,17,18). The highest BCUT2D eigenvalue weighted by molar-refractivity contribution is 7.18. The van der Waals surface area contributed by atoms with Crippen LogP contribution in [-0.2, 0) is 6.54 Å². The Morgan fingerprint density at radius 2 is 2.10 bits per heavy atom. The van der Waals surface area contributed by atoms with E-state index in [-0.39, 0.29) is 0 Å². The lowest BCUT2D eigenvalue weighted by atomic mass is 10.2. The minimum Gasteiger partial charge on any atom is -0.370 e. The number of nitrogens with one attached hydrogen (secondary N) is 1. The Labute approximate surface area is 132 Å². The number of anilines is 1. The Bertz CT molecular complexity index is 732. The lowest BCUT2D eigenvalue weighted by molar-refractivity contribution is 0.391. The molecule has 0 bridgehead atoms. The molecule has 6 heteroatoms. The second-order valence-corrected chi connectivity index (χ2v) is 6.87. The summed E-state index contributed by atoms with van der Waals surface area (Å²) in [7, 11) is 4.07. The third-order valence-corrected chi connectivity index (χ3v) is 4.84. The van der Waals surface area contributed by atoms with E-state index in [9.17, 15) is 0 Å². The third kappa shape index (κ3) is 2.92. The summed E-state index contributed by atoms with van der Waals surface area (Å²) in [6.07, 6.45) is 0. The van der Waals surface area contributed by atoms with Crippen molar-refractivity contribution in [3.05, 3.63) is 28.7 Å². The second-order valence-electron chi connectivity index (χ2n) is 5.06. The number of nitrogens with zero attached hydrogens (tertiary/aromatic N) is 3. The lowest BCUT2D eigenvalue weighted by Crippen LogP contribution is -2.14. The zero-order valence-electron chi connectivity index (χ0n) is 12.4. The van der Waals surface area contributed by atoms with Gasteiger partial charge in [-0.25, -0.2) is 9.97 Å². The first kappa shape index (κ1) is 14.4. The van der Waals surface area contributed by atoms with E-state index in [2.05, 4.69) is 40.0 Å². The Balaban J connectivity index is 2.16. The second kappa shape index (κ2) is 6.09. The molecule has 3 rings (SSSR count). The van der Waals surface area contributed by atoms with Gasteiger partial charge in [-0.3, -0.25) is 0 Å². The topological polar surface area (TPSA) is 41.1 Å². The molecule has 0 aliphatic rings. The van der Waals surface area contributed by atoms with Crippen LogP contribution in [-0.4, -0.2) is 35.5 Å². The molecule has 3 aromatic heterocycles. The van der Waals surface area contributed by atoms with Crippen molar-refractivity contribution in [2.24, 2.45) is 0 Å². The van der Waals surface area contributed by atoms with Gasteiger partial charge in [0.2, 0.25) is 0 Å². The van der Waals surface area contributed by atoms with Crippen molar-refractivity contribution in [1.82, 2.24) is 14.9 Å². The van der Waals surface area contributed by atoms with Crippen molar-refractivity contribution in [1.29, 1.82) is 0 Å². The Morgan fingerprint density at radius 1 is 1.24 bits per heavy atom. The largest absolute Gasteiger partial charge is 0.370 e. The van der Waals surface area contributed by atoms with Crippen molar-refractivity contribution in [3.8, 4) is 10.4 Å². The molecule has 1 N–H and O–H groups in total. The molecular formula is C15H18N4S2. The first-order valence-electron chi connectivity index (χ1n) is 6.89. The Hall–Kier alpha value is -1.50. The van der Waals surface area contributed by atoms with Gasteiger partial charge in [0, 0.05) is 22.4 Å². The van der Waals surface area contributed by atoms with Crippen molar-refractivity contribution in [2.45, 2.75) is 13.5 Å². The summed E-state index contributed by atoms with van der Waals surface area (Å²) in [6.45, 7) is 3.70. The first-order valence-corrected chi connectivity index (χ1v) is 8.65. The molecule has 0 aliphatic carbocycles. The maximum absolute atomic E-state index is 4.72. The lowest BCUT2D eigenvalue weighted by Gasteiger charge is -2.11. The molecule has 0 radical (unpaired) electrons. The van der Waals surface area contributed by atoms with E-state index in [1.54, 1.807) is 22.7 Å². The normalized spacial score (nSPS) is 11.4. The maximum Gasteiger partial charge on any atom is 0.146 e. The molecule has 0 unspecified atom stereocenters. The number of rotatable bonds is 5. The molecular weight excluding hydrogens is 300 g/mol. The predicted molar refractivity (Wildman–Crippen MR) is 92.3 cm³/mol. The summed E-state index contributed by atoms with van der Waals surface area (Å²) in [6, 6.07) is 4.23. The van der Waals surface area contributed by atoms with Crippen molar-refractivity contribution in [2.75, 3.05) is 26.0 Å². The minimum absolute atomic E-state index is 0.751. The molecule has 0 atom stereocenters. The van der Waals surface area contributed by atoms with Crippen molar-refractivity contribution >= 4 is 38.7 Å². The van der Waals surface area contributed by atoms with E-state index in [1.807, 2.05) is 14.1 Å². The van der Waals surface area contributed by atoms with Gasteiger partial charge < -0.3 is 10.2 Å². The number of hydrogen-bond acceptors (Lipinski definition) is 6. The molecule has 21 heavy (non-hydrogen) atoms. The number of aromatic nitrogens is 2. The van der Waals surface area contributed by atoms with E-state index in [4.69, 9.17) is 9.97 Å². The summed E-state index contributed by atoms with van der Waals surface area (Å²) in [5.41, 5.74) is 1.23. The molecule has 0 saturated carbocycles. The van der Waals surface area contributed by atoms with E-state index in [0.29, 0.717) is 0 Å². The van der Waals surface area contributed by atoms with Crippen LogP contribution in [0.15, 0.2) is 22.9 Å². The molecule has 0 aliphatic heterocycles. The summed E-state index contributed by atoms with van der Waals surface area (Å²) >= 11 is 3.44. The Kier molecular flexibility index (Phi) is 4.19. The van der Waals surface area contributed by atoms with Crippen molar-refractivity contribution in [3.63, 3.8) is 0 Å². The van der Waals surface area contributed by atoms with Crippen LogP contribution in [0, 0.1) is 0 Å². The highest BCUT2D eigenvalue weighted by Crippen LogP contribution is 2.38. The van der Waals surface area contributed by atoms with E-state index in [1.165, 1.54) is 10.4 Å². The van der Waals surface area contributed by atoms with Gasteiger partial charge in [0.05, 0.1) is 11.9 Å². The van der Waals surface area contributed by atoms with Gasteiger partial charge in [0.15, 0.2) is 0 Å². The molecule has 0 amide bonds. The summed E-state index contributed by atoms with van der Waals surface area (Å²) < 4.78 is 0. The average molecular weight is 318 g/mol. The van der Waals surface area contributed by atoms with E-state index in [0.717, 1.165) is 34.9 Å². The molecule has 3 heterocycles. The van der Waals surface area contributed by atoms with Crippen LogP contribution in [0.3, 0.4) is 0 Å². The van der Waals surface area contributed by atoms with Gasteiger partial charge in [-0.05, 0) is 32.5 Å². The first-order chi connectivity index (χ1) is 10.2. The third-order valence-electron chi connectivity index (χ3n) is 3.07. The summed E-state index contributed by atoms with van der Waals surface area (Å²) in [4.78, 5) is 13.9. The number of hydrogen-bond donors (Lipinski definition) is 1. The van der Waals surface area contributed by atoms with Crippen LogP contribution < -0.4 is 5.32 Å². The van der Waals surface area contributed by atoms with Gasteiger partial charge in [-0.15, -0.1) is 22.7 Å². The van der Waals surface area contributed by atoms with Gasteiger partial charge in [0.25, 0.3) is 0 Å². The SMILES string of the molecule is CCNc1nc(CN(C)C)nc2scc(-c3cccs3)c12. The summed E-state index contributed by atoms with van der Waals surface area (Å²) in [5, 5.41) is 8.83. The van der Waals surface area contributed by atoms with Gasteiger partial charge in [-0.1, -0.05) is 6.07 Å². The monoisotopic (exact) mass is 318 g/mol. The highest BCUT2D eigenvalue weighted by atomic mass is 32.1. The summed E-state index contributed by atoms with van der Waals surface area (Å²) in [5.74, 6) is 1.81. The molecule has 0 spiro atoms. The van der Waals surface area contributed by atoms with Crippen LogP contribution in [0.5, 0.6) is 0 Å². The fourth-order valence-corrected chi connectivity index (χ4v) is 4.03. The van der Waals surface area contributed by atoms with Gasteiger partial charge in [0.1, 0.15) is 16.5 Å². The molecule has 0 aromatic carbocycles. The van der Waals surface area contributed by atoms with Gasteiger partial charge >= 0.3 is 0 Å². The van der Waals surface area contributed by atoms with Crippen LogP contribution in [0.1, 0.15) is 12.7 Å². The zero-order chi connectivity index (χ0) is 14.8. The highest BCUT2D eigenvalue weighted by Gasteiger charge is 2.15. The van der Waals surface area contributed by atoms with Crippen LogP contribution >= 0.6 is 22.7 Å². The fourth-order valence-electron chi connectivity index (χ4n) is 2.25. The van der Waals surface area contributed by atoms with Gasteiger partial charge in [-0.2, -0.15) is 0 Å². The fraction of sp³-hybridized carbons (Fsp3) is 0.333. The minimum atomic E-state index is 0.751. The number of thiophene rings is 2. The predicted octanol–water partition coefficient (Wildman–Crippen LogP) is 3.91. The molecule has 0 fully saturated rings. The van der Waals surface area contributed by atoms with Crippen LogP contribution in [0.2, 0.25) is 0 Å². The smallest absolute Gasteiger partial charge is 0.146 e.